The Morgan fingerprint density at radius 1 is 1.67 bits per heavy atom. The molecule has 0 radical (unpaired) electrons. The maximum absolute atomic E-state index is 8.70. The van der Waals surface area contributed by atoms with Crippen molar-refractivity contribution in [3.05, 3.63) is 7.11 Å². The van der Waals surface area contributed by atoms with E-state index < -0.39 is 8.25 Å². The van der Waals surface area contributed by atoms with Gasteiger partial charge in [-0.3, -0.25) is 0 Å². The van der Waals surface area contributed by atoms with Gasteiger partial charge in [-0.25, -0.2) is 7.11 Å². The standard InChI is InChI=1S/C3H7O.Li.HO3P/c1-3-4-2;;1-4(2)3/h2-3H2,1H3;;(H-,1,2,3)/q-1;+1;/p+1. The molecule has 0 rings (SSSR count). The van der Waals surface area contributed by atoms with E-state index in [1.165, 1.54) is 0 Å². The van der Waals surface area contributed by atoms with E-state index in [0.29, 0.717) is 6.61 Å². The fraction of sp³-hybridized carbons (Fsp3) is 0.667. The molecule has 0 heterocycles. The summed E-state index contributed by atoms with van der Waals surface area (Å²) in [4.78, 5) is 14.2. The first-order valence-electron chi connectivity index (χ1n) is 1.87. The number of ether oxygens (including phenoxy) is 1. The fourth-order valence-electron chi connectivity index (χ4n) is 0. The maximum Gasteiger partial charge on any atom is 1.00 e. The van der Waals surface area contributed by atoms with Gasteiger partial charge in [0.15, 0.2) is 0 Å². The molecule has 50 valence electrons. The van der Waals surface area contributed by atoms with E-state index in [2.05, 4.69) is 11.8 Å². The molecule has 0 bridgehead atoms. The van der Waals surface area contributed by atoms with Crippen LogP contribution >= 0.6 is 8.25 Å². The second kappa shape index (κ2) is 15.8. The summed E-state index contributed by atoms with van der Waals surface area (Å²) in [6, 6.07) is 0. The van der Waals surface area contributed by atoms with Gasteiger partial charge >= 0.3 is 27.1 Å². The van der Waals surface area contributed by atoms with Gasteiger partial charge in [-0.2, -0.15) is 0 Å². The predicted octanol–water partition coefficient (Wildman–Crippen LogP) is -2.55. The summed E-state index contributed by atoms with van der Waals surface area (Å²) in [6.45, 7) is 2.60. The van der Waals surface area contributed by atoms with Crippen molar-refractivity contribution in [2.75, 3.05) is 6.61 Å². The van der Waals surface area contributed by atoms with Crippen LogP contribution in [0.2, 0.25) is 0 Å². The Kier molecular flexibility index (Phi) is 28.7. The monoisotopic (exact) mass is 147 g/mol. The largest absolute Gasteiger partial charge is 1.00 e. The molecule has 0 saturated carbocycles. The number of hydrogen-bond acceptors (Lipinski definition) is 2. The Bertz CT molecular complexity index is 53.8. The molecule has 0 spiro atoms. The van der Waals surface area contributed by atoms with Crippen LogP contribution < -0.4 is 18.9 Å². The van der Waals surface area contributed by atoms with Crippen molar-refractivity contribution in [3.63, 3.8) is 0 Å². The zero-order valence-electron chi connectivity index (χ0n) is 5.57. The second-order valence-electron chi connectivity index (χ2n) is 0.746. The molecule has 0 aromatic carbocycles. The van der Waals surface area contributed by atoms with Crippen molar-refractivity contribution in [2.45, 2.75) is 6.92 Å². The van der Waals surface area contributed by atoms with Gasteiger partial charge in [0.05, 0.1) is 0 Å². The maximum atomic E-state index is 8.70. The summed E-state index contributed by atoms with van der Waals surface area (Å²) < 4.78 is 13.0. The first-order chi connectivity index (χ1) is 3.65. The third-order valence-electron chi connectivity index (χ3n) is 0.204. The zero-order chi connectivity index (χ0) is 6.99. The molecule has 4 nitrogen and oxygen atoms in total. The third-order valence-corrected chi connectivity index (χ3v) is 0.204. The van der Waals surface area contributed by atoms with Gasteiger partial charge in [0, 0.05) is 11.2 Å². The summed E-state index contributed by atoms with van der Waals surface area (Å²) in [6.07, 6.45) is 0. The van der Waals surface area contributed by atoms with Crippen LogP contribution in [0.4, 0.5) is 0 Å². The molecule has 0 amide bonds. The summed E-state index contributed by atoms with van der Waals surface area (Å²) >= 11 is 0. The second-order valence-corrected chi connectivity index (χ2v) is 1.25. The minimum absolute atomic E-state index is 0. The van der Waals surface area contributed by atoms with Gasteiger partial charge < -0.3 is 4.74 Å². The molecular formula is C3H9LiO4P+. The van der Waals surface area contributed by atoms with Crippen LogP contribution in [0.15, 0.2) is 0 Å². The SMILES string of the molecule is O=[P+](O)O.[CH2-]OCC.[Li+]. The van der Waals surface area contributed by atoms with Gasteiger partial charge in [-0.15, -0.1) is 9.79 Å². The average molecular weight is 147 g/mol. The zero-order valence-corrected chi connectivity index (χ0v) is 6.47. The van der Waals surface area contributed by atoms with Crippen molar-refractivity contribution >= 4 is 8.25 Å². The molecule has 0 aliphatic heterocycles. The smallest absolute Gasteiger partial charge is 0.555 e. The van der Waals surface area contributed by atoms with E-state index in [1.54, 1.807) is 0 Å². The van der Waals surface area contributed by atoms with Crippen molar-refractivity contribution in [1.82, 2.24) is 0 Å². The van der Waals surface area contributed by atoms with Crippen LogP contribution in [0.5, 0.6) is 0 Å². The van der Waals surface area contributed by atoms with Gasteiger partial charge in [-0.05, 0) is 6.92 Å². The van der Waals surface area contributed by atoms with Crippen molar-refractivity contribution in [2.24, 2.45) is 0 Å². The molecule has 0 aliphatic rings. The molecule has 0 aliphatic carbocycles. The van der Waals surface area contributed by atoms with E-state index in [0.717, 1.165) is 0 Å². The summed E-state index contributed by atoms with van der Waals surface area (Å²) in [5, 5.41) is 0. The molecule has 0 fully saturated rings. The molecule has 0 saturated heterocycles. The molecule has 2 N–H and O–H groups in total. The Balaban J connectivity index is -0.0000000720. The molecule has 0 atom stereocenters. The van der Waals surface area contributed by atoms with E-state index in [9.17, 15) is 0 Å². The first kappa shape index (κ1) is 16.3. The van der Waals surface area contributed by atoms with Crippen LogP contribution in [-0.2, 0) is 9.30 Å². The normalized spacial score (nSPS) is 6.22. The van der Waals surface area contributed by atoms with Crippen LogP contribution in [0, 0.1) is 7.11 Å². The summed E-state index contributed by atoms with van der Waals surface area (Å²) in [5.41, 5.74) is 0. The molecule has 6 heteroatoms. The Morgan fingerprint density at radius 2 is 1.78 bits per heavy atom. The topological polar surface area (TPSA) is 66.8 Å². The van der Waals surface area contributed by atoms with Gasteiger partial charge in [0.1, 0.15) is 0 Å². The number of rotatable bonds is 1. The Morgan fingerprint density at radius 3 is 1.78 bits per heavy atom. The summed E-state index contributed by atoms with van der Waals surface area (Å²) in [5.74, 6) is 0. The molecule has 9 heavy (non-hydrogen) atoms. The molecule has 0 aromatic rings. The Labute approximate surface area is 67.4 Å². The van der Waals surface area contributed by atoms with Gasteiger partial charge in [-0.1, -0.05) is 0 Å². The van der Waals surface area contributed by atoms with Crippen molar-refractivity contribution in [3.8, 4) is 0 Å². The van der Waals surface area contributed by atoms with E-state index in [4.69, 9.17) is 14.4 Å². The van der Waals surface area contributed by atoms with E-state index in [-0.39, 0.29) is 18.9 Å². The average Bonchev–Trinajstić information content (AvgIpc) is 1.65. The minimum Gasteiger partial charge on any atom is -0.555 e. The van der Waals surface area contributed by atoms with E-state index >= 15 is 0 Å². The van der Waals surface area contributed by atoms with E-state index in [1.807, 2.05) is 6.92 Å². The third kappa shape index (κ3) is 149. The molecule has 0 aromatic heterocycles. The van der Waals surface area contributed by atoms with Gasteiger partial charge in [0.25, 0.3) is 0 Å². The fourth-order valence-corrected chi connectivity index (χ4v) is 0. The minimum atomic E-state index is -2.87. The molecule has 0 unspecified atom stereocenters. The predicted molar refractivity (Wildman–Crippen MR) is 29.0 cm³/mol. The van der Waals surface area contributed by atoms with Gasteiger partial charge in [0.2, 0.25) is 0 Å². The van der Waals surface area contributed by atoms with Crippen molar-refractivity contribution in [1.29, 1.82) is 0 Å². The number of hydrogen-bond donors (Lipinski definition) is 2. The van der Waals surface area contributed by atoms with Crippen molar-refractivity contribution < 1.29 is 37.9 Å². The van der Waals surface area contributed by atoms with Crippen LogP contribution in [-0.4, -0.2) is 16.4 Å². The van der Waals surface area contributed by atoms with Crippen LogP contribution in [0.3, 0.4) is 0 Å². The Hall–Kier alpha value is 0.577. The molecular weight excluding hydrogens is 138 g/mol. The summed E-state index contributed by atoms with van der Waals surface area (Å²) in [7, 11) is 0.234. The first-order valence-corrected chi connectivity index (χ1v) is 3.03. The van der Waals surface area contributed by atoms with Crippen LogP contribution in [0.25, 0.3) is 0 Å². The van der Waals surface area contributed by atoms with Crippen LogP contribution in [0.1, 0.15) is 6.92 Å². The quantitative estimate of drug-likeness (QED) is 0.243.